The standard InChI is InChI=1S/C10H6O2S2.6C4H9.2Sn/c11-14(12,10-6-7-13-8-10)9-4-2-1-3-5-9;6*1-3-4-2;;/h1-6H;6*1,3-4H2,2H3;;. The van der Waals surface area contributed by atoms with Gasteiger partial charge in [0.05, 0.1) is 0 Å². The number of rotatable bonds is 22. The third-order valence-electron chi connectivity index (χ3n) is 9.10. The van der Waals surface area contributed by atoms with Crippen LogP contribution >= 0.6 is 11.3 Å². The third-order valence-corrected chi connectivity index (χ3v) is 49.2. The van der Waals surface area contributed by atoms with Crippen molar-refractivity contribution >= 4 is 63.7 Å². The summed E-state index contributed by atoms with van der Waals surface area (Å²) in [7, 11) is -3.53. The van der Waals surface area contributed by atoms with Crippen molar-refractivity contribution < 1.29 is 8.42 Å². The van der Waals surface area contributed by atoms with Gasteiger partial charge < -0.3 is 0 Å². The van der Waals surface area contributed by atoms with Gasteiger partial charge in [0.25, 0.3) is 0 Å². The molecule has 1 aromatic heterocycles. The normalized spacial score (nSPS) is 12.8. The van der Waals surface area contributed by atoms with Crippen molar-refractivity contribution in [2.24, 2.45) is 0 Å². The summed E-state index contributed by atoms with van der Waals surface area (Å²) in [4.78, 5) is 1.28. The van der Waals surface area contributed by atoms with E-state index in [9.17, 15) is 8.42 Å². The van der Waals surface area contributed by atoms with Gasteiger partial charge in [0.15, 0.2) is 0 Å². The van der Waals surface area contributed by atoms with Crippen LogP contribution in [0.3, 0.4) is 0 Å². The Labute approximate surface area is 261 Å². The van der Waals surface area contributed by atoms with Crippen LogP contribution in [0, 0.1) is 0 Å². The molecular weight excluding hydrogens is 742 g/mol. The van der Waals surface area contributed by atoms with E-state index in [0.717, 1.165) is 4.90 Å². The minimum atomic E-state index is -3.53. The van der Waals surface area contributed by atoms with E-state index in [2.05, 4.69) is 58.9 Å². The number of benzene rings is 1. The predicted octanol–water partition coefficient (Wildman–Crippen LogP) is 10.7. The van der Waals surface area contributed by atoms with Crippen LogP contribution in [-0.2, 0) is 9.84 Å². The summed E-state index contributed by atoms with van der Waals surface area (Å²) in [5, 5.41) is 0. The fraction of sp³-hybridized carbons (Fsp3) is 0.706. The Morgan fingerprint density at radius 1 is 0.575 bits per heavy atom. The molecule has 0 saturated carbocycles. The van der Waals surface area contributed by atoms with Crippen LogP contribution in [0.1, 0.15) is 119 Å². The monoisotopic (exact) mass is 804 g/mol. The maximum atomic E-state index is 14.6. The van der Waals surface area contributed by atoms with Crippen LogP contribution in [0.15, 0.2) is 46.2 Å². The summed E-state index contributed by atoms with van der Waals surface area (Å²) >= 11 is -3.70. The van der Waals surface area contributed by atoms with Gasteiger partial charge in [0, 0.05) is 0 Å². The molecule has 0 atom stereocenters. The predicted molar refractivity (Wildman–Crippen MR) is 185 cm³/mol. The summed E-state index contributed by atoms with van der Waals surface area (Å²) in [6.45, 7) is 14.0. The topological polar surface area (TPSA) is 34.1 Å². The number of sulfone groups is 1. The zero-order chi connectivity index (χ0) is 29.5. The Bertz CT molecular complexity index is 1020. The molecule has 0 aliphatic rings. The summed E-state index contributed by atoms with van der Waals surface area (Å²) in [5.74, 6) is 0. The molecular formula is C34H60O2S2Sn2. The molecule has 2 nitrogen and oxygen atoms in total. The minimum absolute atomic E-state index is 0.499. The fourth-order valence-electron chi connectivity index (χ4n) is 6.48. The summed E-state index contributed by atoms with van der Waals surface area (Å²) < 4.78 is 40.4. The van der Waals surface area contributed by atoms with E-state index in [0.29, 0.717) is 4.90 Å². The van der Waals surface area contributed by atoms with E-state index < -0.39 is 46.6 Å². The number of hydrogen-bond acceptors (Lipinski definition) is 3. The van der Waals surface area contributed by atoms with E-state index in [1.807, 2.05) is 30.3 Å². The van der Waals surface area contributed by atoms with Crippen molar-refractivity contribution in [3.63, 3.8) is 0 Å². The van der Waals surface area contributed by atoms with Crippen molar-refractivity contribution in [2.75, 3.05) is 0 Å². The first-order valence-electron chi connectivity index (χ1n) is 16.8. The van der Waals surface area contributed by atoms with Gasteiger partial charge in [-0.1, -0.05) is 0 Å². The SMILES string of the molecule is CCC[CH2][Sn]([CH2]CCC)([CH2]CCC)[c]1cc(S(=O)(=O)c2ccccc2)[c]([Sn]([CH2]CCC)([CH2]CCC)[CH2]CCC)s1. The molecule has 6 heteroatoms. The third kappa shape index (κ3) is 9.74. The summed E-state index contributed by atoms with van der Waals surface area (Å²) in [5.41, 5.74) is 0. The quantitative estimate of drug-likeness (QED) is 0.111. The fourth-order valence-corrected chi connectivity index (χ4v) is 53.3. The summed E-state index contributed by atoms with van der Waals surface area (Å²) in [6.07, 6.45) is 15.1. The molecule has 0 amide bonds. The Hall–Kier alpha value is 0.467. The first-order chi connectivity index (χ1) is 19.3. The van der Waals surface area contributed by atoms with Gasteiger partial charge in [-0.2, -0.15) is 0 Å². The van der Waals surface area contributed by atoms with Gasteiger partial charge in [-0.25, -0.2) is 0 Å². The van der Waals surface area contributed by atoms with E-state index in [1.165, 1.54) is 107 Å². The average molecular weight is 802 g/mol. The van der Waals surface area contributed by atoms with Crippen LogP contribution in [0.5, 0.6) is 0 Å². The van der Waals surface area contributed by atoms with E-state index >= 15 is 0 Å². The molecule has 0 unspecified atom stereocenters. The molecule has 40 heavy (non-hydrogen) atoms. The molecule has 1 aromatic carbocycles. The van der Waals surface area contributed by atoms with Crippen LogP contribution in [0.25, 0.3) is 0 Å². The summed E-state index contributed by atoms with van der Waals surface area (Å²) in [6, 6.07) is 11.7. The molecule has 2 aromatic rings. The first kappa shape index (κ1) is 36.7. The molecule has 0 N–H and O–H groups in total. The number of hydrogen-bond donors (Lipinski definition) is 0. The van der Waals surface area contributed by atoms with Crippen molar-refractivity contribution in [1.82, 2.24) is 0 Å². The van der Waals surface area contributed by atoms with Crippen molar-refractivity contribution in [2.45, 2.75) is 155 Å². The first-order valence-corrected chi connectivity index (χ1v) is 34.0. The molecule has 228 valence electrons. The average Bonchev–Trinajstić information content (AvgIpc) is 3.45. The van der Waals surface area contributed by atoms with Crippen LogP contribution in [-0.4, -0.2) is 45.2 Å². The van der Waals surface area contributed by atoms with Gasteiger partial charge in [0.2, 0.25) is 0 Å². The number of unbranched alkanes of at least 4 members (excludes halogenated alkanes) is 6. The molecule has 0 bridgehead atoms. The van der Waals surface area contributed by atoms with Gasteiger partial charge >= 0.3 is 264 Å². The molecule has 1 heterocycles. The van der Waals surface area contributed by atoms with Crippen molar-refractivity contribution in [3.8, 4) is 0 Å². The molecule has 0 saturated heterocycles. The van der Waals surface area contributed by atoms with Gasteiger partial charge in [-0.15, -0.1) is 0 Å². The van der Waals surface area contributed by atoms with Crippen molar-refractivity contribution in [3.05, 3.63) is 36.4 Å². The van der Waals surface area contributed by atoms with Crippen molar-refractivity contribution in [1.29, 1.82) is 0 Å². The zero-order valence-corrected chi connectivity index (χ0v) is 34.2. The number of thiophene rings is 1. The maximum absolute atomic E-state index is 14.6. The molecule has 0 fully saturated rings. The Kier molecular flexibility index (Phi) is 17.4. The molecule has 2 rings (SSSR count). The van der Waals surface area contributed by atoms with E-state index in [1.54, 1.807) is 2.89 Å². The Balaban J connectivity index is 2.93. The molecule has 0 aliphatic heterocycles. The van der Waals surface area contributed by atoms with Crippen LogP contribution in [0.4, 0.5) is 0 Å². The van der Waals surface area contributed by atoms with E-state index in [4.69, 9.17) is 0 Å². The Morgan fingerprint density at radius 2 is 0.950 bits per heavy atom. The zero-order valence-electron chi connectivity index (χ0n) is 26.8. The van der Waals surface area contributed by atoms with Gasteiger partial charge in [-0.05, 0) is 0 Å². The van der Waals surface area contributed by atoms with Gasteiger partial charge in [-0.3, -0.25) is 0 Å². The second kappa shape index (κ2) is 19.0. The molecule has 0 radical (unpaired) electrons. The molecule has 0 aliphatic carbocycles. The van der Waals surface area contributed by atoms with E-state index in [-0.39, 0.29) is 0 Å². The Morgan fingerprint density at radius 3 is 1.32 bits per heavy atom. The second-order valence-corrected chi connectivity index (χ2v) is 43.5. The van der Waals surface area contributed by atoms with Crippen LogP contribution in [0.2, 0.25) is 26.6 Å². The van der Waals surface area contributed by atoms with Gasteiger partial charge in [0.1, 0.15) is 0 Å². The second-order valence-electron chi connectivity index (χ2n) is 12.3. The molecule has 0 spiro atoms. The van der Waals surface area contributed by atoms with Crippen LogP contribution < -0.4 is 5.79 Å².